The fourth-order valence-corrected chi connectivity index (χ4v) is 2.77. The lowest BCUT2D eigenvalue weighted by Gasteiger charge is -2.09. The molecule has 2 amide bonds. The molecular weight excluding hydrogens is 309 g/mol. The molecule has 1 heterocycles. The highest BCUT2D eigenvalue weighted by Gasteiger charge is 2.29. The van der Waals surface area contributed by atoms with Crippen molar-refractivity contribution < 1.29 is 9.59 Å². The third-order valence-electron chi connectivity index (χ3n) is 2.33. The third kappa shape index (κ3) is 3.62. The summed E-state index contributed by atoms with van der Waals surface area (Å²) in [7, 11) is 0. The molecule has 0 saturated heterocycles. The van der Waals surface area contributed by atoms with E-state index in [2.05, 4.69) is 10.3 Å². The quantitative estimate of drug-likeness (QED) is 0.895. The van der Waals surface area contributed by atoms with Crippen LogP contribution in [0.4, 0.5) is 5.69 Å². The summed E-state index contributed by atoms with van der Waals surface area (Å²) in [6.45, 7) is 0. The minimum atomic E-state index is -0.564. The standard InChI is InChI=1S/C11H9Cl2N3O2S/c12-5-1-2-7(6(13)3-5)15-9(17)4-8-10(18)16-11(14)19-8/h1-3,8H,4H2,(H,15,17)(H2,14,16,18)/t8-/m0/s1. The SMILES string of the molecule is NC1=NC(=O)[C@H](CC(=O)Nc2ccc(Cl)cc2Cl)S1. The Hall–Kier alpha value is -1.24. The molecule has 0 aromatic heterocycles. The molecule has 0 spiro atoms. The zero-order valence-corrected chi connectivity index (χ0v) is 11.9. The van der Waals surface area contributed by atoms with E-state index >= 15 is 0 Å². The molecule has 0 fully saturated rings. The van der Waals surface area contributed by atoms with Crippen LogP contribution in [0.5, 0.6) is 0 Å². The molecule has 1 aromatic carbocycles. The summed E-state index contributed by atoms with van der Waals surface area (Å²) in [5, 5.41) is 3.05. The highest BCUT2D eigenvalue weighted by atomic mass is 35.5. The van der Waals surface area contributed by atoms with Crippen molar-refractivity contribution in [2.24, 2.45) is 10.7 Å². The van der Waals surface area contributed by atoms with E-state index in [-0.39, 0.29) is 23.4 Å². The molecular formula is C11H9Cl2N3O2S. The number of hydrogen-bond donors (Lipinski definition) is 2. The fourth-order valence-electron chi connectivity index (χ4n) is 1.49. The number of nitrogens with two attached hydrogens (primary N) is 1. The monoisotopic (exact) mass is 317 g/mol. The van der Waals surface area contributed by atoms with Crippen molar-refractivity contribution in [1.29, 1.82) is 0 Å². The molecule has 5 nitrogen and oxygen atoms in total. The molecule has 19 heavy (non-hydrogen) atoms. The summed E-state index contributed by atoms with van der Waals surface area (Å²) < 4.78 is 0. The first-order valence-corrected chi connectivity index (χ1v) is 6.89. The number of nitrogens with one attached hydrogen (secondary N) is 1. The number of amidine groups is 1. The van der Waals surface area contributed by atoms with Crippen molar-refractivity contribution in [3.63, 3.8) is 0 Å². The van der Waals surface area contributed by atoms with Gasteiger partial charge in [-0.1, -0.05) is 35.0 Å². The van der Waals surface area contributed by atoms with E-state index in [1.54, 1.807) is 12.1 Å². The summed E-state index contributed by atoms with van der Waals surface area (Å²) >= 11 is 12.8. The van der Waals surface area contributed by atoms with E-state index in [9.17, 15) is 9.59 Å². The molecule has 0 bridgehead atoms. The van der Waals surface area contributed by atoms with Gasteiger partial charge in [-0.15, -0.1) is 0 Å². The third-order valence-corrected chi connectivity index (χ3v) is 3.87. The molecule has 1 aromatic rings. The van der Waals surface area contributed by atoms with Gasteiger partial charge in [0.25, 0.3) is 5.91 Å². The molecule has 0 radical (unpaired) electrons. The van der Waals surface area contributed by atoms with E-state index in [0.29, 0.717) is 15.7 Å². The molecule has 100 valence electrons. The number of hydrogen-bond acceptors (Lipinski definition) is 4. The Morgan fingerprint density at radius 1 is 1.47 bits per heavy atom. The first kappa shape index (κ1) is 14.2. The van der Waals surface area contributed by atoms with Crippen LogP contribution in [0.2, 0.25) is 10.0 Å². The molecule has 0 saturated carbocycles. The van der Waals surface area contributed by atoms with Crippen LogP contribution in [0, 0.1) is 0 Å². The summed E-state index contributed by atoms with van der Waals surface area (Å²) in [5.74, 6) is -0.722. The molecule has 2 rings (SSSR count). The maximum atomic E-state index is 11.8. The minimum Gasteiger partial charge on any atom is -0.378 e. The van der Waals surface area contributed by atoms with E-state index in [1.807, 2.05) is 0 Å². The Kier molecular flexibility index (Phi) is 4.34. The van der Waals surface area contributed by atoms with Crippen LogP contribution in [0.1, 0.15) is 6.42 Å². The number of carbonyl (C=O) groups excluding carboxylic acids is 2. The van der Waals surface area contributed by atoms with Gasteiger partial charge in [-0.05, 0) is 18.2 Å². The number of benzene rings is 1. The van der Waals surface area contributed by atoms with Gasteiger partial charge in [-0.2, -0.15) is 4.99 Å². The fraction of sp³-hybridized carbons (Fsp3) is 0.182. The smallest absolute Gasteiger partial charge is 0.262 e. The Morgan fingerprint density at radius 3 is 2.79 bits per heavy atom. The van der Waals surface area contributed by atoms with Gasteiger partial charge >= 0.3 is 0 Å². The van der Waals surface area contributed by atoms with Gasteiger partial charge in [0.15, 0.2) is 5.17 Å². The molecule has 1 atom stereocenters. The highest BCUT2D eigenvalue weighted by Crippen LogP contribution is 2.27. The van der Waals surface area contributed by atoms with E-state index in [1.165, 1.54) is 6.07 Å². The number of aliphatic imine (C=N–C) groups is 1. The molecule has 1 aliphatic rings. The highest BCUT2D eigenvalue weighted by molar-refractivity contribution is 8.15. The topological polar surface area (TPSA) is 84.5 Å². The Labute approximate surface area is 123 Å². The van der Waals surface area contributed by atoms with Gasteiger partial charge in [0, 0.05) is 11.4 Å². The van der Waals surface area contributed by atoms with Crippen LogP contribution >= 0.6 is 35.0 Å². The van der Waals surface area contributed by atoms with Crippen molar-refractivity contribution in [2.45, 2.75) is 11.7 Å². The van der Waals surface area contributed by atoms with Crippen LogP contribution in [-0.4, -0.2) is 22.2 Å². The van der Waals surface area contributed by atoms with Crippen LogP contribution in [0.15, 0.2) is 23.2 Å². The lowest BCUT2D eigenvalue weighted by Crippen LogP contribution is -2.21. The van der Waals surface area contributed by atoms with Crippen molar-refractivity contribution in [3.8, 4) is 0 Å². The first-order chi connectivity index (χ1) is 8.95. The van der Waals surface area contributed by atoms with Gasteiger partial charge in [0.2, 0.25) is 5.91 Å². The number of anilines is 1. The van der Waals surface area contributed by atoms with Gasteiger partial charge in [-0.25, -0.2) is 0 Å². The average molecular weight is 318 g/mol. The summed E-state index contributed by atoms with van der Waals surface area (Å²) in [6.07, 6.45) is -0.00729. The van der Waals surface area contributed by atoms with Crippen molar-refractivity contribution in [1.82, 2.24) is 0 Å². The summed E-state index contributed by atoms with van der Waals surface area (Å²) in [6, 6.07) is 4.73. The number of halogens is 2. The Morgan fingerprint density at radius 2 is 2.21 bits per heavy atom. The van der Waals surface area contributed by atoms with Crippen molar-refractivity contribution >= 4 is 57.6 Å². The number of amides is 2. The summed E-state index contributed by atoms with van der Waals surface area (Å²) in [4.78, 5) is 26.7. The lowest BCUT2D eigenvalue weighted by atomic mass is 10.2. The molecule has 8 heteroatoms. The Bertz CT molecular complexity index is 577. The second-order valence-corrected chi connectivity index (χ2v) is 5.84. The van der Waals surface area contributed by atoms with Crippen LogP contribution in [0.3, 0.4) is 0 Å². The normalized spacial score (nSPS) is 18.3. The zero-order valence-electron chi connectivity index (χ0n) is 9.52. The van der Waals surface area contributed by atoms with Crippen LogP contribution < -0.4 is 11.1 Å². The first-order valence-electron chi connectivity index (χ1n) is 5.25. The van der Waals surface area contributed by atoms with Gasteiger partial charge in [0.05, 0.1) is 10.7 Å². The number of thioether (sulfide) groups is 1. The maximum absolute atomic E-state index is 11.8. The predicted molar refractivity (Wildman–Crippen MR) is 77.7 cm³/mol. The number of rotatable bonds is 3. The molecule has 0 aliphatic carbocycles. The van der Waals surface area contributed by atoms with Gasteiger partial charge in [-0.3, -0.25) is 9.59 Å². The van der Waals surface area contributed by atoms with Crippen molar-refractivity contribution in [2.75, 3.05) is 5.32 Å². The lowest BCUT2D eigenvalue weighted by molar-refractivity contribution is -0.121. The van der Waals surface area contributed by atoms with Gasteiger partial charge in [0.1, 0.15) is 5.25 Å². The molecule has 0 unspecified atom stereocenters. The predicted octanol–water partition coefficient (Wildman–Crippen LogP) is 2.28. The van der Waals surface area contributed by atoms with E-state index in [0.717, 1.165) is 11.8 Å². The van der Waals surface area contributed by atoms with E-state index < -0.39 is 5.25 Å². The maximum Gasteiger partial charge on any atom is 0.262 e. The molecule has 3 N–H and O–H groups in total. The number of carbonyl (C=O) groups is 2. The minimum absolute atomic E-state index is 0.00729. The van der Waals surface area contributed by atoms with Gasteiger partial charge < -0.3 is 11.1 Å². The van der Waals surface area contributed by atoms with E-state index in [4.69, 9.17) is 28.9 Å². The second-order valence-electron chi connectivity index (χ2n) is 3.77. The Balaban J connectivity index is 1.97. The molecule has 1 aliphatic heterocycles. The zero-order chi connectivity index (χ0) is 14.0. The summed E-state index contributed by atoms with van der Waals surface area (Å²) in [5.41, 5.74) is 5.85. The largest absolute Gasteiger partial charge is 0.378 e. The van der Waals surface area contributed by atoms with Crippen LogP contribution in [-0.2, 0) is 9.59 Å². The second kappa shape index (κ2) is 5.81. The van der Waals surface area contributed by atoms with Crippen LogP contribution in [0.25, 0.3) is 0 Å². The van der Waals surface area contributed by atoms with Crippen molar-refractivity contribution in [3.05, 3.63) is 28.2 Å². The number of nitrogens with zero attached hydrogens (tertiary/aromatic N) is 1. The average Bonchev–Trinajstić information content (AvgIpc) is 2.61.